The number of thiazole rings is 1. The third-order valence-electron chi connectivity index (χ3n) is 3.43. The second kappa shape index (κ2) is 11.8. The Kier molecular flexibility index (Phi) is 10.1. The van der Waals surface area contributed by atoms with E-state index >= 15 is 0 Å². The van der Waals surface area contributed by atoms with E-state index in [4.69, 9.17) is 5.26 Å². The number of nitriles is 1. The Hall–Kier alpha value is -1.66. The molecule has 0 bridgehead atoms. The molecule has 2 N–H and O–H groups in total. The highest BCUT2D eigenvalue weighted by atomic mass is 127. The van der Waals surface area contributed by atoms with Gasteiger partial charge in [0.25, 0.3) is 0 Å². The smallest absolute Gasteiger partial charge is 0.191 e. The molecule has 0 amide bonds. The van der Waals surface area contributed by atoms with Gasteiger partial charge < -0.3 is 10.6 Å². The Bertz CT molecular complexity index is 703. The predicted octanol–water partition coefficient (Wildman–Crippen LogP) is 3.49. The van der Waals surface area contributed by atoms with E-state index in [9.17, 15) is 0 Å². The average Bonchev–Trinajstić information content (AvgIpc) is 3.08. The largest absolute Gasteiger partial charge is 0.357 e. The Morgan fingerprint density at radius 2 is 2.00 bits per heavy atom. The highest BCUT2D eigenvalue weighted by Crippen LogP contribution is 2.13. The van der Waals surface area contributed by atoms with Crippen molar-refractivity contribution < 1.29 is 0 Å². The summed E-state index contributed by atoms with van der Waals surface area (Å²) in [6, 6.07) is 9.64. The summed E-state index contributed by atoms with van der Waals surface area (Å²) in [6.07, 6.45) is 3.90. The molecule has 1 heterocycles. The average molecular weight is 469 g/mol. The lowest BCUT2D eigenvalue weighted by Crippen LogP contribution is -2.38. The number of nitrogens with zero attached hydrogens (tertiary/aromatic N) is 3. The second-order valence-corrected chi connectivity index (χ2v) is 6.45. The highest BCUT2D eigenvalue weighted by molar-refractivity contribution is 14.0. The van der Waals surface area contributed by atoms with E-state index in [1.807, 2.05) is 37.4 Å². The number of hydrogen-bond donors (Lipinski definition) is 2. The fourth-order valence-electron chi connectivity index (χ4n) is 2.11. The standard InChI is InChI=1S/C18H23N5S.HI/c1-3-16-13-22-17(24-16)9-10-21-18(20-4-2)23-12-15-7-5-14(11-19)6-8-15;/h5-8,13H,3-4,9-10,12H2,1-2H3,(H2,20,21,23);1H. The van der Waals surface area contributed by atoms with Gasteiger partial charge in [-0.05, 0) is 31.0 Å². The zero-order valence-electron chi connectivity index (χ0n) is 14.6. The molecule has 7 heteroatoms. The molecule has 5 nitrogen and oxygen atoms in total. The van der Waals surface area contributed by atoms with Crippen LogP contribution in [0, 0.1) is 11.3 Å². The number of halogens is 1. The van der Waals surface area contributed by atoms with Crippen molar-refractivity contribution >= 4 is 41.3 Å². The summed E-state index contributed by atoms with van der Waals surface area (Å²) in [5, 5.41) is 16.6. The van der Waals surface area contributed by atoms with Gasteiger partial charge >= 0.3 is 0 Å². The third kappa shape index (κ3) is 7.40. The maximum absolute atomic E-state index is 8.82. The van der Waals surface area contributed by atoms with Gasteiger partial charge in [0, 0.05) is 30.6 Å². The SMILES string of the molecule is CCNC(=NCc1ccc(C#N)cc1)NCCc1ncc(CC)s1.I. The topological polar surface area (TPSA) is 73.1 Å². The number of aryl methyl sites for hydroxylation is 1. The Balaban J connectivity index is 0.00000312. The maximum Gasteiger partial charge on any atom is 0.191 e. The van der Waals surface area contributed by atoms with Crippen LogP contribution in [0.2, 0.25) is 0 Å². The zero-order chi connectivity index (χ0) is 17.2. The van der Waals surface area contributed by atoms with Crippen molar-refractivity contribution in [2.75, 3.05) is 13.1 Å². The Labute approximate surface area is 170 Å². The van der Waals surface area contributed by atoms with Crippen molar-refractivity contribution in [3.05, 3.63) is 51.5 Å². The van der Waals surface area contributed by atoms with Crippen LogP contribution in [0.1, 0.15) is 34.9 Å². The third-order valence-corrected chi connectivity index (χ3v) is 4.63. The molecule has 0 aliphatic rings. The minimum atomic E-state index is 0. The van der Waals surface area contributed by atoms with Crippen molar-refractivity contribution in [2.45, 2.75) is 33.2 Å². The Morgan fingerprint density at radius 3 is 2.60 bits per heavy atom. The van der Waals surface area contributed by atoms with Crippen LogP contribution in [0.25, 0.3) is 0 Å². The molecule has 0 aliphatic heterocycles. The Morgan fingerprint density at radius 1 is 1.24 bits per heavy atom. The van der Waals surface area contributed by atoms with Gasteiger partial charge in [-0.25, -0.2) is 9.98 Å². The van der Waals surface area contributed by atoms with E-state index in [1.54, 1.807) is 11.3 Å². The number of guanidine groups is 1. The molecule has 25 heavy (non-hydrogen) atoms. The van der Waals surface area contributed by atoms with Crippen molar-refractivity contribution in [3.63, 3.8) is 0 Å². The van der Waals surface area contributed by atoms with Crippen LogP contribution in [-0.4, -0.2) is 24.0 Å². The predicted molar refractivity (Wildman–Crippen MR) is 115 cm³/mol. The van der Waals surface area contributed by atoms with E-state index in [0.717, 1.165) is 42.5 Å². The van der Waals surface area contributed by atoms with Gasteiger partial charge in [-0.3, -0.25) is 0 Å². The lowest BCUT2D eigenvalue weighted by Gasteiger charge is -2.10. The zero-order valence-corrected chi connectivity index (χ0v) is 17.7. The lowest BCUT2D eigenvalue weighted by molar-refractivity contribution is 0.796. The van der Waals surface area contributed by atoms with Gasteiger partial charge in [0.2, 0.25) is 0 Å². The molecule has 1 aromatic carbocycles. The van der Waals surface area contributed by atoms with Gasteiger partial charge in [-0.2, -0.15) is 5.26 Å². The van der Waals surface area contributed by atoms with Gasteiger partial charge in [-0.15, -0.1) is 35.3 Å². The number of aliphatic imine (C=N–C) groups is 1. The summed E-state index contributed by atoms with van der Waals surface area (Å²) in [4.78, 5) is 10.3. The van der Waals surface area contributed by atoms with Crippen LogP contribution in [0.3, 0.4) is 0 Å². The van der Waals surface area contributed by atoms with Crippen molar-refractivity contribution in [3.8, 4) is 6.07 Å². The summed E-state index contributed by atoms with van der Waals surface area (Å²) in [5.41, 5.74) is 1.75. The van der Waals surface area contributed by atoms with Crippen LogP contribution < -0.4 is 10.6 Å². The van der Waals surface area contributed by atoms with E-state index in [2.05, 4.69) is 33.6 Å². The molecule has 0 saturated carbocycles. The van der Waals surface area contributed by atoms with E-state index < -0.39 is 0 Å². The van der Waals surface area contributed by atoms with Crippen molar-refractivity contribution in [1.29, 1.82) is 5.26 Å². The molecule has 0 spiro atoms. The quantitative estimate of drug-likeness (QED) is 0.370. The maximum atomic E-state index is 8.82. The summed E-state index contributed by atoms with van der Waals surface area (Å²) < 4.78 is 0. The summed E-state index contributed by atoms with van der Waals surface area (Å²) in [5.74, 6) is 0.800. The summed E-state index contributed by atoms with van der Waals surface area (Å²) >= 11 is 1.77. The fraction of sp³-hybridized carbons (Fsp3) is 0.389. The number of benzene rings is 1. The van der Waals surface area contributed by atoms with Crippen LogP contribution in [0.15, 0.2) is 35.5 Å². The molecule has 0 saturated heterocycles. The summed E-state index contributed by atoms with van der Waals surface area (Å²) in [7, 11) is 0. The first-order chi connectivity index (χ1) is 11.7. The van der Waals surface area contributed by atoms with Crippen LogP contribution >= 0.6 is 35.3 Å². The fourth-order valence-corrected chi connectivity index (χ4v) is 2.97. The first-order valence-corrected chi connectivity index (χ1v) is 9.01. The van der Waals surface area contributed by atoms with Crippen molar-refractivity contribution in [1.82, 2.24) is 15.6 Å². The number of rotatable bonds is 7. The number of aromatic nitrogens is 1. The normalized spacial score (nSPS) is 10.7. The molecule has 0 fully saturated rings. The minimum Gasteiger partial charge on any atom is -0.357 e. The molecule has 134 valence electrons. The second-order valence-electron chi connectivity index (χ2n) is 5.25. The highest BCUT2D eigenvalue weighted by Gasteiger charge is 2.02. The van der Waals surface area contributed by atoms with Gasteiger partial charge in [0.15, 0.2) is 5.96 Å². The van der Waals surface area contributed by atoms with E-state index in [-0.39, 0.29) is 24.0 Å². The molecular weight excluding hydrogens is 445 g/mol. The molecule has 0 unspecified atom stereocenters. The van der Waals surface area contributed by atoms with Crippen LogP contribution in [-0.2, 0) is 19.4 Å². The number of hydrogen-bond acceptors (Lipinski definition) is 4. The summed E-state index contributed by atoms with van der Waals surface area (Å²) in [6.45, 7) is 6.40. The molecule has 1 aromatic heterocycles. The van der Waals surface area contributed by atoms with Gasteiger partial charge in [0.1, 0.15) is 0 Å². The van der Waals surface area contributed by atoms with E-state index in [0.29, 0.717) is 12.1 Å². The molecule has 2 aromatic rings. The first-order valence-electron chi connectivity index (χ1n) is 8.20. The van der Waals surface area contributed by atoms with Gasteiger partial charge in [0.05, 0.1) is 23.2 Å². The van der Waals surface area contributed by atoms with Crippen LogP contribution in [0.5, 0.6) is 0 Å². The molecular formula is C18H24IN5S. The molecule has 0 atom stereocenters. The monoisotopic (exact) mass is 469 g/mol. The van der Waals surface area contributed by atoms with Gasteiger partial charge in [-0.1, -0.05) is 19.1 Å². The van der Waals surface area contributed by atoms with E-state index in [1.165, 1.54) is 4.88 Å². The molecule has 0 aliphatic carbocycles. The lowest BCUT2D eigenvalue weighted by atomic mass is 10.1. The minimum absolute atomic E-state index is 0. The molecule has 0 radical (unpaired) electrons. The molecule has 2 rings (SSSR count). The number of nitrogens with one attached hydrogen (secondary N) is 2. The van der Waals surface area contributed by atoms with Crippen LogP contribution in [0.4, 0.5) is 0 Å². The first kappa shape index (κ1) is 21.4. The van der Waals surface area contributed by atoms with Crippen molar-refractivity contribution in [2.24, 2.45) is 4.99 Å².